The zero-order valence-electron chi connectivity index (χ0n) is 14.0. The Morgan fingerprint density at radius 3 is 2.68 bits per heavy atom. The number of ether oxygens (including phenoxy) is 1. The van der Waals surface area contributed by atoms with Crippen LogP contribution in [0.5, 0.6) is 0 Å². The first kappa shape index (κ1) is 21.3. The molecule has 0 aliphatic carbocycles. The van der Waals surface area contributed by atoms with Gasteiger partial charge in [-0.05, 0) is 17.7 Å². The van der Waals surface area contributed by atoms with Gasteiger partial charge in [0.25, 0.3) is 0 Å². The molecule has 1 heterocycles. The van der Waals surface area contributed by atoms with Crippen LogP contribution in [-0.4, -0.2) is 41.9 Å². The van der Waals surface area contributed by atoms with Crippen molar-refractivity contribution in [3.63, 3.8) is 0 Å². The fraction of sp³-hybridized carbons (Fsp3) is 0.333. The maximum absolute atomic E-state index is 9.85. The summed E-state index contributed by atoms with van der Waals surface area (Å²) in [6, 6.07) is 15.6. The number of aliphatic imine (C=N–C) groups is 1. The normalized spacial score (nSPS) is 12.3. The van der Waals surface area contributed by atoms with E-state index in [2.05, 4.69) is 15.3 Å². The summed E-state index contributed by atoms with van der Waals surface area (Å²) in [5, 5.41) is 12.9. The number of aliphatic hydroxyl groups is 1. The van der Waals surface area contributed by atoms with Gasteiger partial charge < -0.3 is 20.9 Å². The van der Waals surface area contributed by atoms with Crippen molar-refractivity contribution in [1.29, 1.82) is 0 Å². The number of nitrogens with zero attached hydrogens (tertiary/aromatic N) is 2. The van der Waals surface area contributed by atoms with Crippen molar-refractivity contribution < 1.29 is 9.84 Å². The molecule has 0 bridgehead atoms. The van der Waals surface area contributed by atoms with Gasteiger partial charge in [-0.2, -0.15) is 0 Å². The molecule has 0 saturated heterocycles. The number of aromatic nitrogens is 1. The fourth-order valence-corrected chi connectivity index (χ4v) is 2.06. The van der Waals surface area contributed by atoms with E-state index >= 15 is 0 Å². The molecule has 25 heavy (non-hydrogen) atoms. The third-order valence-corrected chi connectivity index (χ3v) is 3.31. The molecule has 6 nitrogen and oxygen atoms in total. The highest BCUT2D eigenvalue weighted by molar-refractivity contribution is 14.0. The monoisotopic (exact) mass is 456 g/mol. The SMILES string of the molecule is I.NC(=NCC(O)COCc1ccccc1)NCCc1ccccn1. The van der Waals surface area contributed by atoms with E-state index < -0.39 is 6.10 Å². The summed E-state index contributed by atoms with van der Waals surface area (Å²) in [7, 11) is 0. The Balaban J connectivity index is 0.00000312. The predicted octanol–water partition coefficient (Wildman–Crippen LogP) is 1.72. The van der Waals surface area contributed by atoms with Crippen LogP contribution in [0.25, 0.3) is 0 Å². The minimum atomic E-state index is -0.676. The lowest BCUT2D eigenvalue weighted by molar-refractivity contribution is 0.0331. The standard InChI is InChI=1S/C18H24N4O2.HI/c19-18(21-11-9-16-8-4-5-10-20-16)22-12-17(23)14-24-13-15-6-2-1-3-7-15;/h1-8,10,17,23H,9,11-14H2,(H3,19,21,22);1H. The lowest BCUT2D eigenvalue weighted by Crippen LogP contribution is -2.34. The van der Waals surface area contributed by atoms with Crippen LogP contribution in [0.4, 0.5) is 0 Å². The van der Waals surface area contributed by atoms with Crippen LogP contribution in [0.3, 0.4) is 0 Å². The molecule has 136 valence electrons. The van der Waals surface area contributed by atoms with E-state index in [1.54, 1.807) is 6.20 Å². The number of pyridine rings is 1. The van der Waals surface area contributed by atoms with Crippen LogP contribution in [0.1, 0.15) is 11.3 Å². The molecule has 0 aliphatic rings. The predicted molar refractivity (Wildman–Crippen MR) is 110 cm³/mol. The number of halogens is 1. The number of hydrogen-bond donors (Lipinski definition) is 3. The van der Waals surface area contributed by atoms with Crippen molar-refractivity contribution >= 4 is 29.9 Å². The van der Waals surface area contributed by atoms with Gasteiger partial charge in [-0.15, -0.1) is 24.0 Å². The van der Waals surface area contributed by atoms with Gasteiger partial charge in [0, 0.05) is 24.9 Å². The summed E-state index contributed by atoms with van der Waals surface area (Å²) in [5.74, 6) is 0.313. The van der Waals surface area contributed by atoms with Crippen LogP contribution in [0.2, 0.25) is 0 Å². The molecule has 7 heteroatoms. The van der Waals surface area contributed by atoms with Gasteiger partial charge in [0.15, 0.2) is 5.96 Å². The Kier molecular flexibility index (Phi) is 10.8. The summed E-state index contributed by atoms with van der Waals surface area (Å²) < 4.78 is 5.46. The average Bonchev–Trinajstić information content (AvgIpc) is 2.62. The number of nitrogens with one attached hydrogen (secondary N) is 1. The number of benzene rings is 1. The number of nitrogens with two attached hydrogens (primary N) is 1. The van der Waals surface area contributed by atoms with E-state index in [-0.39, 0.29) is 37.1 Å². The Bertz CT molecular complexity index is 611. The molecule has 0 saturated carbocycles. The third kappa shape index (κ3) is 9.37. The Morgan fingerprint density at radius 1 is 1.20 bits per heavy atom. The highest BCUT2D eigenvalue weighted by Crippen LogP contribution is 2.01. The Hall–Kier alpha value is -1.71. The van der Waals surface area contributed by atoms with E-state index in [0.717, 1.165) is 17.7 Å². The minimum absolute atomic E-state index is 0. The summed E-state index contributed by atoms with van der Waals surface area (Å²) in [6.45, 7) is 1.54. The molecule has 2 rings (SSSR count). The van der Waals surface area contributed by atoms with Crippen molar-refractivity contribution in [3.8, 4) is 0 Å². The van der Waals surface area contributed by atoms with Crippen LogP contribution >= 0.6 is 24.0 Å². The molecule has 1 atom stereocenters. The molecule has 4 N–H and O–H groups in total. The van der Waals surface area contributed by atoms with Gasteiger partial charge in [0.1, 0.15) is 0 Å². The average molecular weight is 456 g/mol. The second-order valence-corrected chi connectivity index (χ2v) is 5.38. The first-order valence-electron chi connectivity index (χ1n) is 7.97. The van der Waals surface area contributed by atoms with E-state index in [1.165, 1.54) is 0 Å². The molecular weight excluding hydrogens is 431 g/mol. The first-order valence-corrected chi connectivity index (χ1v) is 7.97. The fourth-order valence-electron chi connectivity index (χ4n) is 2.06. The molecule has 0 aliphatic heterocycles. The molecular formula is C18H25IN4O2. The number of guanidine groups is 1. The number of rotatable bonds is 9. The topological polar surface area (TPSA) is 92.8 Å². The van der Waals surface area contributed by atoms with Crippen molar-refractivity contribution in [2.24, 2.45) is 10.7 Å². The van der Waals surface area contributed by atoms with Crippen molar-refractivity contribution in [2.45, 2.75) is 19.1 Å². The molecule has 1 unspecified atom stereocenters. The molecule has 0 amide bonds. The quantitative estimate of drug-likeness (QED) is 0.304. The minimum Gasteiger partial charge on any atom is -0.389 e. The Morgan fingerprint density at radius 2 is 1.96 bits per heavy atom. The largest absolute Gasteiger partial charge is 0.389 e. The molecule has 0 radical (unpaired) electrons. The molecule has 2 aromatic rings. The maximum atomic E-state index is 9.85. The van der Waals surface area contributed by atoms with Crippen LogP contribution in [0.15, 0.2) is 59.7 Å². The molecule has 0 spiro atoms. The smallest absolute Gasteiger partial charge is 0.188 e. The van der Waals surface area contributed by atoms with Crippen LogP contribution < -0.4 is 11.1 Å². The van der Waals surface area contributed by atoms with Gasteiger partial charge >= 0.3 is 0 Å². The lowest BCUT2D eigenvalue weighted by Gasteiger charge is -2.10. The van der Waals surface area contributed by atoms with Gasteiger partial charge in [-0.1, -0.05) is 36.4 Å². The van der Waals surface area contributed by atoms with Gasteiger partial charge in [0.2, 0.25) is 0 Å². The number of aliphatic hydroxyl groups excluding tert-OH is 1. The van der Waals surface area contributed by atoms with Gasteiger partial charge in [0.05, 0.1) is 25.9 Å². The third-order valence-electron chi connectivity index (χ3n) is 3.31. The summed E-state index contributed by atoms with van der Waals surface area (Å²) in [4.78, 5) is 8.35. The van der Waals surface area contributed by atoms with Gasteiger partial charge in [-0.25, -0.2) is 0 Å². The highest BCUT2D eigenvalue weighted by Gasteiger charge is 2.04. The number of hydrogen-bond acceptors (Lipinski definition) is 4. The zero-order valence-corrected chi connectivity index (χ0v) is 16.4. The lowest BCUT2D eigenvalue weighted by atomic mass is 10.2. The van der Waals surface area contributed by atoms with E-state index in [9.17, 15) is 5.11 Å². The summed E-state index contributed by atoms with van der Waals surface area (Å²) in [5.41, 5.74) is 7.84. The molecule has 0 fully saturated rings. The van der Waals surface area contributed by atoms with Crippen LogP contribution in [0, 0.1) is 0 Å². The van der Waals surface area contributed by atoms with E-state index in [4.69, 9.17) is 10.5 Å². The van der Waals surface area contributed by atoms with E-state index in [1.807, 2.05) is 48.5 Å². The molecule has 1 aromatic carbocycles. The zero-order chi connectivity index (χ0) is 17.0. The summed E-state index contributed by atoms with van der Waals surface area (Å²) >= 11 is 0. The summed E-state index contributed by atoms with van der Waals surface area (Å²) in [6.07, 6.45) is 1.85. The van der Waals surface area contributed by atoms with Crippen LogP contribution in [-0.2, 0) is 17.8 Å². The maximum Gasteiger partial charge on any atom is 0.188 e. The highest BCUT2D eigenvalue weighted by atomic mass is 127. The second-order valence-electron chi connectivity index (χ2n) is 5.38. The van der Waals surface area contributed by atoms with E-state index in [0.29, 0.717) is 19.1 Å². The molecule has 1 aromatic heterocycles. The first-order chi connectivity index (χ1) is 11.7. The van der Waals surface area contributed by atoms with Crippen molar-refractivity contribution in [2.75, 3.05) is 19.7 Å². The van der Waals surface area contributed by atoms with Crippen molar-refractivity contribution in [3.05, 3.63) is 66.0 Å². The second kappa shape index (κ2) is 12.6. The van der Waals surface area contributed by atoms with Crippen molar-refractivity contribution in [1.82, 2.24) is 10.3 Å². The Labute approximate surface area is 165 Å². The van der Waals surface area contributed by atoms with Gasteiger partial charge in [-0.3, -0.25) is 9.98 Å².